The Bertz CT molecular complexity index is 1210. The maximum absolute atomic E-state index is 13.1. The van der Waals surface area contributed by atoms with Crippen molar-refractivity contribution in [2.75, 3.05) is 19.8 Å². The lowest BCUT2D eigenvalue weighted by atomic mass is 9.92. The number of nitrogens with one attached hydrogen (secondary N) is 1. The number of amides is 2. The number of hydrogen-bond donors (Lipinski definition) is 1. The van der Waals surface area contributed by atoms with Gasteiger partial charge in [0.2, 0.25) is 5.82 Å². The molecule has 1 aliphatic heterocycles. The van der Waals surface area contributed by atoms with Crippen LogP contribution in [0.1, 0.15) is 61.4 Å². The SMILES string of the molecule is CCOCCCN1C(=O)NC(c2ccc(C)c(C)c2)C(c2nc(-c3ccc(CC)cc3)no2)=C1C. The van der Waals surface area contributed by atoms with Crippen LogP contribution in [0.15, 0.2) is 52.7 Å². The number of allylic oxidation sites excluding steroid dienone is 1. The van der Waals surface area contributed by atoms with Crippen molar-refractivity contribution < 1.29 is 14.1 Å². The molecule has 0 radical (unpaired) electrons. The van der Waals surface area contributed by atoms with Crippen molar-refractivity contribution in [3.63, 3.8) is 0 Å². The number of aromatic nitrogens is 2. The second kappa shape index (κ2) is 10.9. The van der Waals surface area contributed by atoms with E-state index < -0.39 is 0 Å². The molecule has 184 valence electrons. The topological polar surface area (TPSA) is 80.5 Å². The van der Waals surface area contributed by atoms with Gasteiger partial charge >= 0.3 is 6.03 Å². The molecule has 7 nitrogen and oxygen atoms in total. The highest BCUT2D eigenvalue weighted by Crippen LogP contribution is 2.38. The molecule has 2 aromatic carbocycles. The van der Waals surface area contributed by atoms with Crippen LogP contribution in [-0.2, 0) is 11.2 Å². The third kappa shape index (κ3) is 5.30. The van der Waals surface area contributed by atoms with Gasteiger partial charge in [-0.15, -0.1) is 0 Å². The van der Waals surface area contributed by atoms with Gasteiger partial charge in [0.15, 0.2) is 0 Å². The standard InChI is InChI=1S/C28H34N4O3/c1-6-21-10-13-22(14-11-21)26-30-27(35-31-26)24-20(5)32(15-8-16-34-7-2)28(33)29-25(24)23-12-9-18(3)19(4)17-23/h9-14,17,25H,6-8,15-16H2,1-5H3,(H,29,33). The van der Waals surface area contributed by atoms with Crippen LogP contribution in [0.25, 0.3) is 17.0 Å². The molecule has 35 heavy (non-hydrogen) atoms. The first-order chi connectivity index (χ1) is 16.9. The molecule has 0 saturated carbocycles. The van der Waals surface area contributed by atoms with Gasteiger partial charge in [0.05, 0.1) is 11.6 Å². The summed E-state index contributed by atoms with van der Waals surface area (Å²) in [6.45, 7) is 12.0. The molecule has 7 heteroatoms. The minimum absolute atomic E-state index is 0.138. The van der Waals surface area contributed by atoms with Crippen molar-refractivity contribution in [1.82, 2.24) is 20.4 Å². The van der Waals surface area contributed by atoms with E-state index in [1.54, 1.807) is 4.90 Å². The number of nitrogens with zero attached hydrogens (tertiary/aromatic N) is 3. The zero-order valence-electron chi connectivity index (χ0n) is 21.2. The molecule has 1 atom stereocenters. The highest BCUT2D eigenvalue weighted by Gasteiger charge is 2.35. The van der Waals surface area contributed by atoms with Gasteiger partial charge in [-0.25, -0.2) is 4.79 Å². The number of ether oxygens (including phenoxy) is 1. The van der Waals surface area contributed by atoms with Gasteiger partial charge in [0, 0.05) is 31.0 Å². The lowest BCUT2D eigenvalue weighted by Crippen LogP contribution is -2.46. The molecular formula is C28H34N4O3. The van der Waals surface area contributed by atoms with Crippen LogP contribution >= 0.6 is 0 Å². The van der Waals surface area contributed by atoms with Crippen LogP contribution in [0.2, 0.25) is 0 Å². The lowest BCUT2D eigenvalue weighted by Gasteiger charge is -2.35. The highest BCUT2D eigenvalue weighted by atomic mass is 16.5. The van der Waals surface area contributed by atoms with Gasteiger partial charge in [-0.05, 0) is 62.8 Å². The Morgan fingerprint density at radius 3 is 2.51 bits per heavy atom. The van der Waals surface area contributed by atoms with Crippen LogP contribution in [0.5, 0.6) is 0 Å². The average Bonchev–Trinajstić information content (AvgIpc) is 3.34. The number of rotatable bonds is 9. The molecule has 0 bridgehead atoms. The molecule has 0 aliphatic carbocycles. The summed E-state index contributed by atoms with van der Waals surface area (Å²) in [6, 6.07) is 13.9. The molecule has 1 aromatic heterocycles. The first-order valence-corrected chi connectivity index (χ1v) is 12.3. The molecule has 0 saturated heterocycles. The predicted octanol–water partition coefficient (Wildman–Crippen LogP) is 5.84. The van der Waals surface area contributed by atoms with Crippen molar-refractivity contribution in [1.29, 1.82) is 0 Å². The summed E-state index contributed by atoms with van der Waals surface area (Å²) in [5, 5.41) is 7.44. The molecular weight excluding hydrogens is 440 g/mol. The monoisotopic (exact) mass is 474 g/mol. The van der Waals surface area contributed by atoms with Crippen molar-refractivity contribution in [2.45, 2.75) is 53.5 Å². The maximum atomic E-state index is 13.1. The second-order valence-corrected chi connectivity index (χ2v) is 8.90. The van der Waals surface area contributed by atoms with E-state index in [0.29, 0.717) is 31.5 Å². The third-order valence-corrected chi connectivity index (χ3v) is 6.61. The number of hydrogen-bond acceptors (Lipinski definition) is 5. The summed E-state index contributed by atoms with van der Waals surface area (Å²) >= 11 is 0. The van der Waals surface area contributed by atoms with Crippen molar-refractivity contribution in [2.24, 2.45) is 0 Å². The van der Waals surface area contributed by atoms with E-state index in [-0.39, 0.29) is 12.1 Å². The van der Waals surface area contributed by atoms with E-state index in [1.165, 1.54) is 11.1 Å². The Balaban J connectivity index is 1.74. The van der Waals surface area contributed by atoms with Gasteiger partial charge in [-0.3, -0.25) is 4.90 Å². The van der Waals surface area contributed by atoms with Crippen molar-refractivity contribution in [3.05, 3.63) is 76.3 Å². The minimum Gasteiger partial charge on any atom is -0.382 e. The summed E-state index contributed by atoms with van der Waals surface area (Å²) < 4.78 is 11.3. The van der Waals surface area contributed by atoms with E-state index in [2.05, 4.69) is 55.5 Å². The highest BCUT2D eigenvalue weighted by molar-refractivity contribution is 5.87. The van der Waals surface area contributed by atoms with Crippen LogP contribution in [0.3, 0.4) is 0 Å². The van der Waals surface area contributed by atoms with Crippen LogP contribution < -0.4 is 5.32 Å². The Morgan fingerprint density at radius 2 is 1.83 bits per heavy atom. The van der Waals surface area contributed by atoms with E-state index in [9.17, 15) is 4.79 Å². The summed E-state index contributed by atoms with van der Waals surface area (Å²) in [6.07, 6.45) is 1.71. The number of benzene rings is 2. The predicted molar refractivity (Wildman–Crippen MR) is 137 cm³/mol. The van der Waals surface area contributed by atoms with Gasteiger partial charge in [-0.1, -0.05) is 54.5 Å². The zero-order valence-corrected chi connectivity index (χ0v) is 21.2. The first kappa shape index (κ1) is 24.7. The molecule has 0 spiro atoms. The fraction of sp³-hybridized carbons (Fsp3) is 0.393. The summed E-state index contributed by atoms with van der Waals surface area (Å²) in [5.74, 6) is 0.941. The van der Waals surface area contributed by atoms with Crippen LogP contribution in [-0.4, -0.2) is 40.8 Å². The second-order valence-electron chi connectivity index (χ2n) is 8.90. The zero-order chi connectivity index (χ0) is 24.9. The fourth-order valence-electron chi connectivity index (χ4n) is 4.33. The van der Waals surface area contributed by atoms with Gasteiger partial charge in [0.25, 0.3) is 5.89 Å². The van der Waals surface area contributed by atoms with Crippen molar-refractivity contribution >= 4 is 11.6 Å². The van der Waals surface area contributed by atoms with Crippen LogP contribution in [0.4, 0.5) is 4.79 Å². The average molecular weight is 475 g/mol. The third-order valence-electron chi connectivity index (χ3n) is 6.61. The molecule has 0 fully saturated rings. The molecule has 1 aliphatic rings. The number of carbonyl (C=O) groups excluding carboxylic acids is 1. The van der Waals surface area contributed by atoms with Gasteiger partial charge in [-0.2, -0.15) is 4.98 Å². The number of carbonyl (C=O) groups is 1. The largest absolute Gasteiger partial charge is 0.382 e. The first-order valence-electron chi connectivity index (χ1n) is 12.3. The Morgan fingerprint density at radius 1 is 1.06 bits per heavy atom. The van der Waals surface area contributed by atoms with Gasteiger partial charge in [0.1, 0.15) is 0 Å². The minimum atomic E-state index is -0.388. The molecule has 1 unspecified atom stereocenters. The van der Waals surface area contributed by atoms with Crippen molar-refractivity contribution in [3.8, 4) is 11.4 Å². The molecule has 4 rings (SSSR count). The Labute approximate surface area is 207 Å². The smallest absolute Gasteiger partial charge is 0.322 e. The summed E-state index contributed by atoms with van der Waals surface area (Å²) in [7, 11) is 0. The molecule has 3 aromatic rings. The maximum Gasteiger partial charge on any atom is 0.322 e. The number of urea groups is 1. The number of aryl methyl sites for hydroxylation is 3. The van der Waals surface area contributed by atoms with Gasteiger partial charge < -0.3 is 14.6 Å². The van der Waals surface area contributed by atoms with E-state index in [4.69, 9.17) is 14.2 Å². The molecule has 2 heterocycles. The fourth-order valence-corrected chi connectivity index (χ4v) is 4.33. The van der Waals surface area contributed by atoms with Crippen LogP contribution in [0, 0.1) is 13.8 Å². The molecule has 2 amide bonds. The van der Waals surface area contributed by atoms with E-state index >= 15 is 0 Å². The Hall–Kier alpha value is -3.45. The Kier molecular flexibility index (Phi) is 7.66. The molecule has 1 N–H and O–H groups in total. The normalized spacial score (nSPS) is 16.1. The van der Waals surface area contributed by atoms with E-state index in [1.807, 2.05) is 32.0 Å². The quantitative estimate of drug-likeness (QED) is 0.394. The lowest BCUT2D eigenvalue weighted by molar-refractivity contribution is 0.136. The van der Waals surface area contributed by atoms with E-state index in [0.717, 1.165) is 40.8 Å². The summed E-state index contributed by atoms with van der Waals surface area (Å²) in [4.78, 5) is 19.6. The summed E-state index contributed by atoms with van der Waals surface area (Å²) in [5.41, 5.74) is 7.12.